The minimum absolute atomic E-state index is 0.0549. The van der Waals surface area contributed by atoms with Gasteiger partial charge >= 0.3 is 13.8 Å². The molecule has 0 spiro atoms. The maximum absolute atomic E-state index is 12.5. The lowest BCUT2D eigenvalue weighted by atomic mass is 10.1. The molecule has 0 aliphatic carbocycles. The highest BCUT2D eigenvalue weighted by Gasteiger charge is 2.25. The van der Waals surface area contributed by atoms with E-state index in [9.17, 15) is 14.3 Å². The van der Waals surface area contributed by atoms with Crippen LogP contribution in [0.4, 0.5) is 0 Å². The predicted octanol–water partition coefficient (Wildman–Crippen LogP) is 10.0. The lowest BCUT2D eigenvalue weighted by Crippen LogP contribution is -2.28. The zero-order valence-corrected chi connectivity index (χ0v) is 30.4. The minimum Gasteiger partial charge on any atom is -0.457 e. The van der Waals surface area contributed by atoms with Crippen LogP contribution in [-0.2, 0) is 27.9 Å². The van der Waals surface area contributed by atoms with Crippen LogP contribution in [0.5, 0.6) is 0 Å². The third kappa shape index (κ3) is 35.1. The van der Waals surface area contributed by atoms with Gasteiger partial charge in [0.25, 0.3) is 0 Å². The molecule has 2 unspecified atom stereocenters. The number of carbonyl (C=O) groups is 1. The summed E-state index contributed by atoms with van der Waals surface area (Å²) in [5.74, 6) is -0.370. The van der Waals surface area contributed by atoms with E-state index in [1.165, 1.54) is 32.1 Å². The number of hydrogen-bond donors (Lipinski definition) is 2. The number of phosphoric acid groups is 1. The highest BCUT2D eigenvalue weighted by Crippen LogP contribution is 2.43. The summed E-state index contributed by atoms with van der Waals surface area (Å²) < 4.78 is 33.1. The van der Waals surface area contributed by atoms with Crippen molar-refractivity contribution in [3.8, 4) is 0 Å². The van der Waals surface area contributed by atoms with Crippen molar-refractivity contribution in [1.29, 1.82) is 0 Å². The Morgan fingerprint density at radius 3 is 1.79 bits per heavy atom. The van der Waals surface area contributed by atoms with E-state index in [4.69, 9.17) is 24.3 Å². The first-order valence-electron chi connectivity index (χ1n) is 17.9. The van der Waals surface area contributed by atoms with Crippen molar-refractivity contribution in [3.05, 3.63) is 72.9 Å². The minimum atomic E-state index is -4.29. The van der Waals surface area contributed by atoms with Crippen LogP contribution in [0.2, 0.25) is 0 Å². The van der Waals surface area contributed by atoms with Crippen molar-refractivity contribution in [1.82, 2.24) is 0 Å². The van der Waals surface area contributed by atoms with Gasteiger partial charge in [-0.1, -0.05) is 119 Å². The molecule has 8 nitrogen and oxygen atoms in total. The monoisotopic (exact) mass is 679 g/mol. The number of allylic oxidation sites excluding steroid dienone is 11. The molecule has 0 saturated heterocycles. The summed E-state index contributed by atoms with van der Waals surface area (Å²) in [6, 6.07) is 0. The summed E-state index contributed by atoms with van der Waals surface area (Å²) in [6.07, 6.45) is 42.2. The Morgan fingerprint density at radius 2 is 1.19 bits per heavy atom. The molecule has 0 fully saturated rings. The fourth-order valence-electron chi connectivity index (χ4n) is 4.29. The molecule has 270 valence electrons. The van der Waals surface area contributed by atoms with Gasteiger partial charge in [0, 0.05) is 13.0 Å². The van der Waals surface area contributed by atoms with Gasteiger partial charge in [0.15, 0.2) is 0 Å². The number of hydrogen-bond acceptors (Lipinski definition) is 7. The van der Waals surface area contributed by atoms with Gasteiger partial charge < -0.3 is 20.1 Å². The van der Waals surface area contributed by atoms with Crippen LogP contribution in [0.25, 0.3) is 0 Å². The molecule has 0 aliphatic heterocycles. The van der Waals surface area contributed by atoms with E-state index in [0.29, 0.717) is 13.0 Å². The SMILES string of the molecule is CC/C=C\C/C=C\C/C=C\C/C=C\C/C=C\CCOCC(COP(=O)(O)OCCN)OC(=O)CCCCCCC/C=C\CCCCC. The van der Waals surface area contributed by atoms with Crippen LogP contribution >= 0.6 is 7.82 Å². The zero-order chi connectivity index (χ0) is 34.5. The normalized spacial score (nSPS) is 14.6. The molecule has 3 N–H and O–H groups in total. The second-order valence-electron chi connectivity index (χ2n) is 11.3. The van der Waals surface area contributed by atoms with Gasteiger partial charge in [0.2, 0.25) is 0 Å². The van der Waals surface area contributed by atoms with E-state index in [1.54, 1.807) is 0 Å². The molecule has 0 amide bonds. The lowest BCUT2D eigenvalue weighted by molar-refractivity contribution is -0.154. The van der Waals surface area contributed by atoms with Crippen molar-refractivity contribution in [3.63, 3.8) is 0 Å². The van der Waals surface area contributed by atoms with Crippen molar-refractivity contribution < 1.29 is 32.8 Å². The number of phosphoric ester groups is 1. The van der Waals surface area contributed by atoms with E-state index in [2.05, 4.69) is 80.7 Å². The number of ether oxygens (including phenoxy) is 2. The molecule has 0 saturated carbocycles. The van der Waals surface area contributed by atoms with E-state index in [0.717, 1.165) is 64.2 Å². The molecular formula is C38H66NO7P. The highest BCUT2D eigenvalue weighted by molar-refractivity contribution is 7.47. The van der Waals surface area contributed by atoms with Gasteiger partial charge in [-0.3, -0.25) is 13.8 Å². The van der Waals surface area contributed by atoms with Gasteiger partial charge in [-0.2, -0.15) is 0 Å². The van der Waals surface area contributed by atoms with Crippen LogP contribution in [0, 0.1) is 0 Å². The van der Waals surface area contributed by atoms with Crippen LogP contribution in [0.15, 0.2) is 72.9 Å². The highest BCUT2D eigenvalue weighted by atomic mass is 31.2. The van der Waals surface area contributed by atoms with Crippen LogP contribution < -0.4 is 5.73 Å². The molecule has 2 atom stereocenters. The molecule has 9 heteroatoms. The smallest absolute Gasteiger partial charge is 0.457 e. The van der Waals surface area contributed by atoms with E-state index < -0.39 is 13.9 Å². The molecule has 0 aromatic rings. The van der Waals surface area contributed by atoms with Gasteiger partial charge in [0.1, 0.15) is 6.10 Å². The Morgan fingerprint density at radius 1 is 0.660 bits per heavy atom. The molecule has 0 aromatic heterocycles. The van der Waals surface area contributed by atoms with Crippen molar-refractivity contribution in [2.45, 2.75) is 129 Å². The summed E-state index contributed by atoms with van der Waals surface area (Å²) in [7, 11) is -4.29. The lowest BCUT2D eigenvalue weighted by Gasteiger charge is -2.19. The maximum Gasteiger partial charge on any atom is 0.472 e. The number of nitrogens with two attached hydrogens (primary N) is 1. The molecule has 47 heavy (non-hydrogen) atoms. The first kappa shape index (κ1) is 44.9. The molecule has 0 aromatic carbocycles. The standard InChI is InChI=1S/C38H66NO7P/c1-3-5-7-9-11-13-15-17-18-19-20-22-24-26-28-30-33-43-35-37(36-45-47(41,42)44-34-32-39)46-38(40)31-29-27-25-23-21-16-14-12-10-8-6-4-2/h5,7,11-14,17-18,20,22,26,28,37H,3-4,6,8-10,15-16,19,21,23-25,27,29-36,39H2,1-2H3,(H,41,42)/b7-5-,13-11-,14-12-,18-17-,22-20-,28-26-. The summed E-state index contributed by atoms with van der Waals surface area (Å²) in [4.78, 5) is 22.3. The summed E-state index contributed by atoms with van der Waals surface area (Å²) in [6.45, 7) is 4.50. The Hall–Kier alpha value is -2.06. The Balaban J connectivity index is 4.29. The molecule has 0 aliphatic rings. The largest absolute Gasteiger partial charge is 0.472 e. The summed E-state index contributed by atoms with van der Waals surface area (Å²) >= 11 is 0. The average molecular weight is 680 g/mol. The molecule has 0 heterocycles. The fourth-order valence-corrected chi connectivity index (χ4v) is 5.05. The van der Waals surface area contributed by atoms with E-state index >= 15 is 0 Å². The third-order valence-electron chi connectivity index (χ3n) is 6.88. The zero-order valence-electron chi connectivity index (χ0n) is 29.5. The van der Waals surface area contributed by atoms with Crippen LogP contribution in [-0.4, -0.2) is 49.9 Å². The quantitative estimate of drug-likeness (QED) is 0.0305. The predicted molar refractivity (Wildman–Crippen MR) is 196 cm³/mol. The first-order chi connectivity index (χ1) is 22.9. The Bertz CT molecular complexity index is 942. The number of carbonyl (C=O) groups excluding carboxylic acids is 1. The second-order valence-corrected chi connectivity index (χ2v) is 12.8. The van der Waals surface area contributed by atoms with E-state index in [1.807, 2.05) is 6.08 Å². The van der Waals surface area contributed by atoms with Crippen molar-refractivity contribution in [2.75, 3.05) is 33.0 Å². The second kappa shape index (κ2) is 35.3. The number of rotatable bonds is 33. The number of unbranched alkanes of at least 4 members (excludes halogenated alkanes) is 8. The maximum atomic E-state index is 12.5. The molecule has 0 bridgehead atoms. The van der Waals surface area contributed by atoms with Crippen molar-refractivity contribution >= 4 is 13.8 Å². The summed E-state index contributed by atoms with van der Waals surface area (Å²) in [5.41, 5.74) is 5.34. The molecular weight excluding hydrogens is 613 g/mol. The summed E-state index contributed by atoms with van der Waals surface area (Å²) in [5, 5.41) is 0. The first-order valence-corrected chi connectivity index (χ1v) is 19.4. The van der Waals surface area contributed by atoms with Gasteiger partial charge in [0.05, 0.1) is 26.4 Å². The number of esters is 1. The Labute approximate surface area is 286 Å². The molecule has 0 rings (SSSR count). The third-order valence-corrected chi connectivity index (χ3v) is 7.86. The Kier molecular flexibility index (Phi) is 33.7. The average Bonchev–Trinajstić information content (AvgIpc) is 3.06. The topological polar surface area (TPSA) is 117 Å². The van der Waals surface area contributed by atoms with Gasteiger partial charge in [-0.25, -0.2) is 4.57 Å². The van der Waals surface area contributed by atoms with Crippen molar-refractivity contribution in [2.24, 2.45) is 5.73 Å². The fraction of sp³-hybridized carbons (Fsp3) is 0.658. The van der Waals surface area contributed by atoms with E-state index in [-0.39, 0.29) is 38.8 Å². The van der Waals surface area contributed by atoms with Crippen LogP contribution in [0.1, 0.15) is 123 Å². The van der Waals surface area contributed by atoms with Crippen LogP contribution in [0.3, 0.4) is 0 Å². The molecule has 0 radical (unpaired) electrons. The van der Waals surface area contributed by atoms with Gasteiger partial charge in [-0.05, 0) is 70.6 Å². The van der Waals surface area contributed by atoms with Gasteiger partial charge in [-0.15, -0.1) is 0 Å².